The molecule has 1 N–H and O–H groups in total. The Morgan fingerprint density at radius 1 is 1.31 bits per heavy atom. The Morgan fingerprint density at radius 3 is 2.81 bits per heavy atom. The average molecular weight is 373 g/mol. The van der Waals surface area contributed by atoms with Crippen LogP contribution in [0.1, 0.15) is 33.8 Å². The maximum Gasteiger partial charge on any atom is 0.305 e. The second kappa shape index (κ2) is 7.65. The number of amides is 1. The van der Waals surface area contributed by atoms with Gasteiger partial charge in [-0.3, -0.25) is 9.59 Å². The lowest BCUT2D eigenvalue weighted by atomic mass is 10.1. The average Bonchev–Trinajstić information content (AvgIpc) is 3.23. The molecule has 3 heterocycles. The summed E-state index contributed by atoms with van der Waals surface area (Å²) in [5.41, 5.74) is 2.09. The number of nitrogens with zero attached hydrogens (tertiary/aromatic N) is 2. The van der Waals surface area contributed by atoms with Crippen molar-refractivity contribution in [3.8, 4) is 10.6 Å². The van der Waals surface area contributed by atoms with E-state index in [4.69, 9.17) is 4.52 Å². The van der Waals surface area contributed by atoms with E-state index in [0.29, 0.717) is 41.0 Å². The van der Waals surface area contributed by atoms with Gasteiger partial charge in [0.2, 0.25) is 0 Å². The molecular weight excluding hydrogens is 354 g/mol. The van der Waals surface area contributed by atoms with E-state index in [1.807, 2.05) is 19.1 Å². The van der Waals surface area contributed by atoms with Gasteiger partial charge in [-0.2, -0.15) is 0 Å². The Kier molecular flexibility index (Phi) is 5.32. The molecule has 0 atom stereocenters. The van der Waals surface area contributed by atoms with Gasteiger partial charge in [0.1, 0.15) is 0 Å². The van der Waals surface area contributed by atoms with Gasteiger partial charge in [0.15, 0.2) is 0 Å². The van der Waals surface area contributed by atoms with Gasteiger partial charge in [0.25, 0.3) is 11.6 Å². The molecular formula is C18H19N3O4S. The van der Waals surface area contributed by atoms with Crippen LogP contribution in [0.15, 0.2) is 22.7 Å². The van der Waals surface area contributed by atoms with Gasteiger partial charge in [-0.15, -0.1) is 11.3 Å². The van der Waals surface area contributed by atoms with Crippen LogP contribution in [0.4, 0.5) is 0 Å². The van der Waals surface area contributed by atoms with E-state index in [0.717, 1.165) is 9.75 Å². The highest BCUT2D eigenvalue weighted by atomic mass is 32.1. The molecule has 7 nitrogen and oxygen atoms in total. The number of methoxy groups -OCH3 is 1. The minimum Gasteiger partial charge on any atom is -0.469 e. The number of carbonyl (C=O) groups excluding carboxylic acids is 2. The zero-order chi connectivity index (χ0) is 18.7. The van der Waals surface area contributed by atoms with Crippen LogP contribution in [0.2, 0.25) is 0 Å². The summed E-state index contributed by atoms with van der Waals surface area (Å²) in [6.45, 7) is 4.16. The first-order valence-electron chi connectivity index (χ1n) is 8.18. The summed E-state index contributed by atoms with van der Waals surface area (Å²) in [5, 5.41) is 7.37. The van der Waals surface area contributed by atoms with Crippen LogP contribution >= 0.6 is 11.3 Å². The molecule has 0 saturated heterocycles. The summed E-state index contributed by atoms with van der Waals surface area (Å²) in [6, 6.07) is 5.73. The number of rotatable bonds is 6. The van der Waals surface area contributed by atoms with E-state index >= 15 is 0 Å². The van der Waals surface area contributed by atoms with Gasteiger partial charge in [0, 0.05) is 17.8 Å². The van der Waals surface area contributed by atoms with Gasteiger partial charge in [0.05, 0.1) is 34.3 Å². The van der Waals surface area contributed by atoms with Crippen LogP contribution in [0.3, 0.4) is 0 Å². The number of esters is 1. The maximum atomic E-state index is 12.7. The van der Waals surface area contributed by atoms with Crippen molar-refractivity contribution in [1.82, 2.24) is 15.5 Å². The second-order valence-electron chi connectivity index (χ2n) is 5.85. The van der Waals surface area contributed by atoms with Crippen LogP contribution in [0.25, 0.3) is 21.7 Å². The number of pyridine rings is 1. The largest absolute Gasteiger partial charge is 0.469 e. The SMILES string of the molecule is COC(=O)CCCNC(=O)c1cc(-c2ccc(C)s2)nc2onc(C)c12. The van der Waals surface area contributed by atoms with Crippen molar-refractivity contribution < 1.29 is 18.8 Å². The monoisotopic (exact) mass is 373 g/mol. The predicted octanol–water partition coefficient (Wildman–Crippen LogP) is 3.25. The third kappa shape index (κ3) is 3.75. The van der Waals surface area contributed by atoms with Crippen molar-refractivity contribution in [3.05, 3.63) is 34.3 Å². The van der Waals surface area contributed by atoms with E-state index in [-0.39, 0.29) is 18.3 Å². The fraction of sp³-hybridized carbons (Fsp3) is 0.333. The number of thiophene rings is 1. The Labute approximate surface area is 154 Å². The molecule has 0 spiro atoms. The summed E-state index contributed by atoms with van der Waals surface area (Å²) in [5.74, 6) is -0.543. The number of fused-ring (bicyclic) bond motifs is 1. The zero-order valence-corrected chi connectivity index (χ0v) is 15.6. The van der Waals surface area contributed by atoms with Gasteiger partial charge in [-0.05, 0) is 38.5 Å². The molecule has 136 valence electrons. The molecule has 3 aromatic rings. The smallest absolute Gasteiger partial charge is 0.305 e. The Balaban J connectivity index is 1.87. The van der Waals surface area contributed by atoms with Crippen LogP contribution in [-0.2, 0) is 9.53 Å². The van der Waals surface area contributed by atoms with Gasteiger partial charge >= 0.3 is 5.97 Å². The third-order valence-electron chi connectivity index (χ3n) is 3.93. The molecule has 0 radical (unpaired) electrons. The minimum atomic E-state index is -0.296. The molecule has 26 heavy (non-hydrogen) atoms. The molecule has 0 bridgehead atoms. The van der Waals surface area contributed by atoms with Crippen molar-refractivity contribution in [2.45, 2.75) is 26.7 Å². The lowest BCUT2D eigenvalue weighted by Crippen LogP contribution is -2.25. The quantitative estimate of drug-likeness (QED) is 0.526. The van der Waals surface area contributed by atoms with Crippen molar-refractivity contribution in [2.24, 2.45) is 0 Å². The predicted molar refractivity (Wildman–Crippen MR) is 98.2 cm³/mol. The molecule has 0 aromatic carbocycles. The Morgan fingerprint density at radius 2 is 2.12 bits per heavy atom. The molecule has 0 fully saturated rings. The summed E-state index contributed by atoms with van der Waals surface area (Å²) in [4.78, 5) is 30.4. The van der Waals surface area contributed by atoms with Gasteiger partial charge in [-0.25, -0.2) is 4.98 Å². The summed E-state index contributed by atoms with van der Waals surface area (Å²) >= 11 is 1.60. The van der Waals surface area contributed by atoms with Crippen molar-refractivity contribution >= 4 is 34.3 Å². The molecule has 0 aliphatic carbocycles. The molecule has 0 unspecified atom stereocenters. The van der Waals surface area contributed by atoms with Crippen LogP contribution in [0, 0.1) is 13.8 Å². The molecule has 1 amide bonds. The standard InChI is InChI=1S/C18H19N3O4S/c1-10-6-7-14(26-10)13-9-12(16-11(2)21-25-18(16)20-13)17(23)19-8-4-5-15(22)24-3/h6-7,9H,4-5,8H2,1-3H3,(H,19,23). The molecule has 8 heteroatoms. The van der Waals surface area contributed by atoms with Crippen molar-refractivity contribution in [3.63, 3.8) is 0 Å². The summed E-state index contributed by atoms with van der Waals surface area (Å²) in [7, 11) is 1.34. The highest BCUT2D eigenvalue weighted by molar-refractivity contribution is 7.15. The van der Waals surface area contributed by atoms with E-state index in [1.165, 1.54) is 7.11 Å². The normalized spacial score (nSPS) is 10.9. The van der Waals surface area contributed by atoms with E-state index in [1.54, 1.807) is 24.3 Å². The highest BCUT2D eigenvalue weighted by Crippen LogP contribution is 2.30. The van der Waals surface area contributed by atoms with Crippen LogP contribution in [0.5, 0.6) is 0 Å². The number of nitrogens with one attached hydrogen (secondary N) is 1. The first-order chi connectivity index (χ1) is 12.5. The Bertz CT molecular complexity index is 961. The fourth-order valence-electron chi connectivity index (χ4n) is 2.60. The number of ether oxygens (including phenoxy) is 1. The minimum absolute atomic E-state index is 0.247. The number of carbonyl (C=O) groups is 2. The number of aromatic nitrogens is 2. The number of hydrogen-bond donors (Lipinski definition) is 1. The molecule has 0 aliphatic heterocycles. The fourth-order valence-corrected chi connectivity index (χ4v) is 3.43. The molecule has 0 saturated carbocycles. The van der Waals surface area contributed by atoms with Gasteiger partial charge in [-0.1, -0.05) is 5.16 Å². The van der Waals surface area contributed by atoms with E-state index < -0.39 is 0 Å². The van der Waals surface area contributed by atoms with E-state index in [2.05, 4.69) is 20.2 Å². The molecule has 3 rings (SSSR count). The second-order valence-corrected chi connectivity index (χ2v) is 7.14. The zero-order valence-electron chi connectivity index (χ0n) is 14.8. The maximum absolute atomic E-state index is 12.7. The molecule has 0 aliphatic rings. The lowest BCUT2D eigenvalue weighted by Gasteiger charge is -2.07. The van der Waals surface area contributed by atoms with Gasteiger partial charge < -0.3 is 14.6 Å². The Hall–Kier alpha value is -2.74. The highest BCUT2D eigenvalue weighted by Gasteiger charge is 2.19. The number of hydrogen-bond acceptors (Lipinski definition) is 7. The lowest BCUT2D eigenvalue weighted by molar-refractivity contribution is -0.140. The number of aryl methyl sites for hydroxylation is 2. The van der Waals surface area contributed by atoms with Crippen molar-refractivity contribution in [2.75, 3.05) is 13.7 Å². The topological polar surface area (TPSA) is 94.3 Å². The summed E-state index contributed by atoms with van der Waals surface area (Å²) in [6.07, 6.45) is 0.765. The van der Waals surface area contributed by atoms with Crippen molar-refractivity contribution in [1.29, 1.82) is 0 Å². The first-order valence-corrected chi connectivity index (χ1v) is 9.00. The van der Waals surface area contributed by atoms with E-state index in [9.17, 15) is 9.59 Å². The van der Waals surface area contributed by atoms with Crippen LogP contribution < -0.4 is 5.32 Å². The summed E-state index contributed by atoms with van der Waals surface area (Å²) < 4.78 is 9.87. The third-order valence-corrected chi connectivity index (χ3v) is 4.95. The first kappa shape index (κ1) is 18.1. The van der Waals surface area contributed by atoms with Crippen LogP contribution in [-0.4, -0.2) is 35.7 Å². The molecule has 3 aromatic heterocycles.